The van der Waals surface area contributed by atoms with Crippen molar-refractivity contribution in [3.8, 4) is 34.3 Å². The number of amides is 2. The van der Waals surface area contributed by atoms with Gasteiger partial charge in [-0.25, -0.2) is 4.98 Å². The molecule has 0 spiro atoms. The van der Waals surface area contributed by atoms with Crippen molar-refractivity contribution < 1.29 is 42.4 Å². The summed E-state index contributed by atoms with van der Waals surface area (Å²) in [6.07, 6.45) is 0.824. The molecule has 2 fully saturated rings. The lowest BCUT2D eigenvalue weighted by atomic mass is 9.81. The average Bonchev–Trinajstić information content (AvgIpc) is 3.94. The topological polar surface area (TPSA) is 160 Å². The van der Waals surface area contributed by atoms with Gasteiger partial charge in [-0.05, 0) is 74.9 Å². The van der Waals surface area contributed by atoms with Crippen molar-refractivity contribution in [3.63, 3.8) is 0 Å². The van der Waals surface area contributed by atoms with Crippen molar-refractivity contribution in [1.82, 2.24) is 20.1 Å². The molecule has 1 unspecified atom stereocenters. The molecule has 250 valence electrons. The van der Waals surface area contributed by atoms with Crippen LogP contribution in [0.3, 0.4) is 0 Å². The molecule has 2 aromatic carbocycles. The van der Waals surface area contributed by atoms with E-state index in [1.54, 1.807) is 36.0 Å². The van der Waals surface area contributed by atoms with Crippen LogP contribution >= 0.6 is 11.6 Å². The summed E-state index contributed by atoms with van der Waals surface area (Å²) in [6, 6.07) is 8.96. The number of fused-ring (bicyclic) bond motifs is 3. The van der Waals surface area contributed by atoms with E-state index in [1.807, 2.05) is 0 Å². The van der Waals surface area contributed by atoms with E-state index in [1.165, 1.54) is 25.3 Å². The number of benzene rings is 2. The van der Waals surface area contributed by atoms with E-state index in [0.29, 0.717) is 40.6 Å². The number of nitrogens with two attached hydrogens (primary N) is 1. The van der Waals surface area contributed by atoms with Crippen molar-refractivity contribution in [3.05, 3.63) is 59.4 Å². The molecule has 2 amide bonds. The highest BCUT2D eigenvalue weighted by molar-refractivity contribution is 6.23. The normalized spacial score (nSPS) is 22.5. The molecule has 8 rings (SSSR count). The Bertz CT molecular complexity index is 2050. The predicted octanol–water partition coefficient (Wildman–Crippen LogP) is 4.28. The number of methoxy groups -OCH3 is 1. The Hall–Kier alpha value is -4.69. The summed E-state index contributed by atoms with van der Waals surface area (Å²) in [5, 5.41) is 20.4. The zero-order valence-electron chi connectivity index (χ0n) is 25.8. The van der Waals surface area contributed by atoms with Gasteiger partial charge in [0.2, 0.25) is 5.91 Å². The first kappa shape index (κ1) is 30.6. The fourth-order valence-corrected chi connectivity index (χ4v) is 6.53. The van der Waals surface area contributed by atoms with E-state index >= 15 is 0 Å². The third-order valence-electron chi connectivity index (χ3n) is 9.63. The fourth-order valence-electron chi connectivity index (χ4n) is 6.35. The summed E-state index contributed by atoms with van der Waals surface area (Å²) in [6.45, 7) is 1.30. The number of pyridine rings is 1. The molecule has 4 N–H and O–H groups in total. The van der Waals surface area contributed by atoms with Gasteiger partial charge in [-0.15, -0.1) is 8.78 Å². The SMILES string of the molecule is COc1cc(C(=O)NCC(O)(c2cc3c(c(-c4ccc5c(c4)OC(F)(F)O5)n2)OC[C@]3(C)C(N)=O)C2CC2)cc2cn(C3(Cl)CC3)nc12. The quantitative estimate of drug-likeness (QED) is 0.219. The van der Waals surface area contributed by atoms with E-state index in [0.717, 1.165) is 12.8 Å². The number of aliphatic hydroxyl groups is 1. The zero-order chi connectivity index (χ0) is 33.8. The van der Waals surface area contributed by atoms with Crippen molar-refractivity contribution in [1.29, 1.82) is 0 Å². The maximum Gasteiger partial charge on any atom is 0.586 e. The van der Waals surface area contributed by atoms with Crippen LogP contribution in [0.15, 0.2) is 42.6 Å². The number of nitrogens with zero attached hydrogens (tertiary/aromatic N) is 3. The maximum atomic E-state index is 13.8. The third kappa shape index (κ3) is 4.80. The van der Waals surface area contributed by atoms with Gasteiger partial charge >= 0.3 is 6.29 Å². The standard InChI is InChI=1S/C33H30ClF2N5O7/c1-30(29(37)43)15-46-27-20(30)12-24(39-26(27)16-3-6-21-22(10-16)48-33(35,36)47-21)32(44,19-4-5-19)14-38-28(42)17-9-18-13-41(31(34)7-8-31)40-25(18)23(11-17)45-2/h3,6,9-13,19,44H,4-5,7-8,14-15H2,1-2H3,(H2,37,43)(H,38,42)/t30-,32?/m0/s1. The third-order valence-corrected chi connectivity index (χ3v) is 10.2. The van der Waals surface area contributed by atoms with E-state index in [-0.39, 0.29) is 53.3 Å². The molecule has 15 heteroatoms. The molecule has 2 aromatic heterocycles. The largest absolute Gasteiger partial charge is 0.586 e. The Morgan fingerprint density at radius 3 is 2.62 bits per heavy atom. The minimum absolute atomic E-state index is 0.0945. The predicted molar refractivity (Wildman–Crippen MR) is 166 cm³/mol. The summed E-state index contributed by atoms with van der Waals surface area (Å²) < 4.78 is 50.0. The number of carbonyl (C=O) groups excluding carboxylic acids is 2. The van der Waals surface area contributed by atoms with Gasteiger partial charge in [-0.1, -0.05) is 11.6 Å². The Kier molecular flexibility index (Phi) is 6.48. The van der Waals surface area contributed by atoms with Crippen molar-refractivity contribution >= 4 is 34.3 Å². The second-order valence-corrected chi connectivity index (χ2v) is 13.7. The molecule has 48 heavy (non-hydrogen) atoms. The molecule has 4 aromatic rings. The monoisotopic (exact) mass is 681 g/mol. The lowest BCUT2D eigenvalue weighted by Gasteiger charge is -2.30. The summed E-state index contributed by atoms with van der Waals surface area (Å²) >= 11 is 6.56. The highest BCUT2D eigenvalue weighted by Crippen LogP contribution is 2.52. The molecule has 4 heterocycles. The van der Waals surface area contributed by atoms with Gasteiger partial charge in [0.25, 0.3) is 5.91 Å². The van der Waals surface area contributed by atoms with Crippen LogP contribution in [0.5, 0.6) is 23.0 Å². The zero-order valence-corrected chi connectivity index (χ0v) is 26.6. The molecule has 0 saturated heterocycles. The van der Waals surface area contributed by atoms with Crippen LogP contribution in [0.1, 0.15) is 54.2 Å². The molecular formula is C33H30ClF2N5O7. The lowest BCUT2D eigenvalue weighted by molar-refractivity contribution is -0.286. The number of aromatic nitrogens is 3. The summed E-state index contributed by atoms with van der Waals surface area (Å²) in [4.78, 5) is 30.5. The lowest BCUT2D eigenvalue weighted by Crippen LogP contribution is -2.44. The number of hydrogen-bond donors (Lipinski definition) is 3. The second kappa shape index (κ2) is 10.2. The van der Waals surface area contributed by atoms with E-state index in [9.17, 15) is 23.5 Å². The molecule has 0 bridgehead atoms. The molecule has 4 aliphatic rings. The molecule has 12 nitrogen and oxygen atoms in total. The Balaban J connectivity index is 1.16. The first-order chi connectivity index (χ1) is 22.7. The summed E-state index contributed by atoms with van der Waals surface area (Å²) in [5.74, 6) is -1.17. The Morgan fingerprint density at radius 2 is 1.94 bits per heavy atom. The minimum Gasteiger partial charge on any atom is -0.494 e. The smallest absolute Gasteiger partial charge is 0.494 e. The van der Waals surface area contributed by atoms with Crippen LogP contribution in [0.4, 0.5) is 8.78 Å². The summed E-state index contributed by atoms with van der Waals surface area (Å²) in [7, 11) is 1.49. The second-order valence-electron chi connectivity index (χ2n) is 13.0. The van der Waals surface area contributed by atoms with Gasteiger partial charge in [0.05, 0.1) is 19.3 Å². The van der Waals surface area contributed by atoms with Crippen LogP contribution in [0, 0.1) is 5.92 Å². The van der Waals surface area contributed by atoms with Gasteiger partial charge in [0.1, 0.15) is 45.3 Å². The number of nitrogens with one attached hydrogen (secondary N) is 1. The number of halogens is 3. The summed E-state index contributed by atoms with van der Waals surface area (Å²) in [5.41, 5.74) is 4.74. The highest BCUT2D eigenvalue weighted by Gasteiger charge is 2.50. The number of alkyl halides is 3. The van der Waals surface area contributed by atoms with Gasteiger partial charge < -0.3 is 35.1 Å². The van der Waals surface area contributed by atoms with Crippen molar-refractivity contribution in [2.45, 2.75) is 54.9 Å². The molecule has 2 aliphatic heterocycles. The first-order valence-electron chi connectivity index (χ1n) is 15.4. The number of ether oxygens (including phenoxy) is 4. The van der Waals surface area contributed by atoms with Gasteiger partial charge in [0, 0.05) is 28.3 Å². The molecule has 2 saturated carbocycles. The number of hydrogen-bond acceptors (Lipinski definition) is 9. The average molecular weight is 682 g/mol. The Labute approximate surface area is 277 Å². The van der Waals surface area contributed by atoms with Gasteiger partial charge in [0.15, 0.2) is 11.5 Å². The number of carbonyl (C=O) groups is 2. The van der Waals surface area contributed by atoms with Crippen LogP contribution in [0.2, 0.25) is 0 Å². The van der Waals surface area contributed by atoms with E-state index < -0.39 is 34.1 Å². The number of rotatable bonds is 9. The molecule has 2 atom stereocenters. The molecule has 0 radical (unpaired) electrons. The van der Waals surface area contributed by atoms with Crippen molar-refractivity contribution in [2.24, 2.45) is 11.7 Å². The van der Waals surface area contributed by atoms with E-state index in [2.05, 4.69) is 19.9 Å². The number of primary amides is 1. The minimum atomic E-state index is -3.83. The van der Waals surface area contributed by atoms with Gasteiger partial charge in [-0.3, -0.25) is 14.3 Å². The molecule has 2 aliphatic carbocycles. The highest BCUT2D eigenvalue weighted by atomic mass is 35.5. The van der Waals surface area contributed by atoms with Crippen LogP contribution in [0.25, 0.3) is 22.2 Å². The van der Waals surface area contributed by atoms with Gasteiger partial charge in [-0.2, -0.15) is 5.10 Å². The first-order valence-corrected chi connectivity index (χ1v) is 15.8. The maximum absolute atomic E-state index is 13.8. The van der Waals surface area contributed by atoms with Crippen LogP contribution < -0.4 is 30.0 Å². The molecular weight excluding hydrogens is 652 g/mol. The van der Waals surface area contributed by atoms with Crippen molar-refractivity contribution in [2.75, 3.05) is 20.3 Å². The Morgan fingerprint density at radius 1 is 1.19 bits per heavy atom. The van der Waals surface area contributed by atoms with Crippen LogP contribution in [-0.4, -0.2) is 58.2 Å². The van der Waals surface area contributed by atoms with Crippen LogP contribution in [-0.2, 0) is 20.8 Å². The van der Waals surface area contributed by atoms with E-state index in [4.69, 9.17) is 31.8 Å². The fraction of sp³-hybridized carbons (Fsp3) is 0.394.